The van der Waals surface area contributed by atoms with Crippen molar-refractivity contribution in [2.24, 2.45) is 4.99 Å². The highest BCUT2D eigenvalue weighted by molar-refractivity contribution is 9.10. The van der Waals surface area contributed by atoms with Gasteiger partial charge in [0.1, 0.15) is 5.54 Å². The molecule has 1 unspecified atom stereocenters. The number of likely N-dealkylation sites (tertiary alicyclic amines) is 1. The Morgan fingerprint density at radius 2 is 2.21 bits per heavy atom. The summed E-state index contributed by atoms with van der Waals surface area (Å²) >= 11 is 3.52. The molecule has 3 rings (SSSR count). The molecule has 1 amide bonds. The number of carbonyl (C=O) groups excluding carboxylic acids is 1. The van der Waals surface area contributed by atoms with Gasteiger partial charge in [-0.15, -0.1) is 0 Å². The van der Waals surface area contributed by atoms with Crippen molar-refractivity contribution < 1.29 is 4.79 Å². The van der Waals surface area contributed by atoms with E-state index in [1.165, 1.54) is 0 Å². The van der Waals surface area contributed by atoms with E-state index in [-0.39, 0.29) is 5.91 Å². The molecule has 1 spiro atoms. The van der Waals surface area contributed by atoms with Gasteiger partial charge in [-0.2, -0.15) is 0 Å². The molecule has 19 heavy (non-hydrogen) atoms. The van der Waals surface area contributed by atoms with E-state index in [2.05, 4.69) is 20.9 Å². The highest BCUT2D eigenvalue weighted by Gasteiger charge is 2.48. The average Bonchev–Trinajstić information content (AvgIpc) is 2.94. The number of pyridine rings is 1. The van der Waals surface area contributed by atoms with E-state index >= 15 is 0 Å². The number of halogens is 1. The molecular weight excluding hydrogens is 306 g/mol. The maximum atomic E-state index is 12.2. The zero-order valence-corrected chi connectivity index (χ0v) is 12.7. The number of nitrogens with zero attached hydrogens (tertiary/aromatic N) is 3. The Balaban J connectivity index is 2.00. The van der Waals surface area contributed by atoms with E-state index in [1.54, 1.807) is 11.1 Å². The summed E-state index contributed by atoms with van der Waals surface area (Å²) in [6.45, 7) is 2.84. The molecule has 0 aliphatic carbocycles. The van der Waals surface area contributed by atoms with Crippen LogP contribution in [0.1, 0.15) is 30.5 Å². The van der Waals surface area contributed by atoms with Crippen LogP contribution in [-0.4, -0.2) is 40.6 Å². The van der Waals surface area contributed by atoms with E-state index in [0.29, 0.717) is 0 Å². The summed E-state index contributed by atoms with van der Waals surface area (Å²) in [7, 11) is 1.85. The summed E-state index contributed by atoms with van der Waals surface area (Å²) in [5, 5.41) is 0. The van der Waals surface area contributed by atoms with Gasteiger partial charge in [0.15, 0.2) is 0 Å². The highest BCUT2D eigenvalue weighted by atomic mass is 79.9. The largest absolute Gasteiger partial charge is 0.344 e. The summed E-state index contributed by atoms with van der Waals surface area (Å²) in [4.78, 5) is 23.2. The minimum absolute atomic E-state index is 0.162. The quantitative estimate of drug-likeness (QED) is 0.797. The van der Waals surface area contributed by atoms with Crippen LogP contribution in [0.3, 0.4) is 0 Å². The molecule has 2 aliphatic rings. The van der Waals surface area contributed by atoms with Crippen LogP contribution in [0.2, 0.25) is 0 Å². The van der Waals surface area contributed by atoms with Crippen molar-refractivity contribution in [3.63, 3.8) is 0 Å². The van der Waals surface area contributed by atoms with Crippen molar-refractivity contribution >= 4 is 27.5 Å². The van der Waals surface area contributed by atoms with Crippen molar-refractivity contribution in [3.8, 4) is 0 Å². The second-order valence-electron chi connectivity index (χ2n) is 5.33. The second-order valence-corrected chi connectivity index (χ2v) is 6.19. The number of aromatic nitrogens is 1. The minimum Gasteiger partial charge on any atom is -0.344 e. The summed E-state index contributed by atoms with van der Waals surface area (Å²) in [5.41, 5.74) is 2.49. The van der Waals surface area contributed by atoms with Gasteiger partial charge in [0, 0.05) is 24.3 Å². The summed E-state index contributed by atoms with van der Waals surface area (Å²) < 4.78 is 1.04. The van der Waals surface area contributed by atoms with Crippen molar-refractivity contribution in [2.45, 2.75) is 31.7 Å². The fourth-order valence-electron chi connectivity index (χ4n) is 2.92. The number of rotatable bonds is 1. The molecule has 1 saturated heterocycles. The molecule has 100 valence electrons. The molecule has 1 aromatic rings. The first kappa shape index (κ1) is 12.8. The summed E-state index contributed by atoms with van der Waals surface area (Å²) in [6.07, 6.45) is 4.27. The monoisotopic (exact) mass is 321 g/mol. The lowest BCUT2D eigenvalue weighted by atomic mass is 9.95. The van der Waals surface area contributed by atoms with Crippen molar-refractivity contribution in [3.05, 3.63) is 28.0 Å². The van der Waals surface area contributed by atoms with Crippen LogP contribution in [0.5, 0.6) is 0 Å². The molecule has 0 N–H and O–H groups in total. The van der Waals surface area contributed by atoms with E-state index in [0.717, 1.165) is 47.2 Å². The molecule has 0 saturated carbocycles. The van der Waals surface area contributed by atoms with Crippen LogP contribution < -0.4 is 0 Å². The third-order valence-electron chi connectivity index (χ3n) is 4.14. The first-order chi connectivity index (χ1) is 9.03. The number of hydrogen-bond donors (Lipinski definition) is 0. The smallest absolute Gasteiger partial charge is 0.250 e. The van der Waals surface area contributed by atoms with Gasteiger partial charge in [0.05, 0.1) is 11.4 Å². The molecule has 1 atom stereocenters. The van der Waals surface area contributed by atoms with Crippen molar-refractivity contribution in [1.82, 2.24) is 9.88 Å². The molecule has 3 heterocycles. The van der Waals surface area contributed by atoms with Gasteiger partial charge < -0.3 is 4.90 Å². The lowest BCUT2D eigenvalue weighted by Gasteiger charge is -2.17. The summed E-state index contributed by atoms with van der Waals surface area (Å²) in [5.74, 6) is 0.162. The lowest BCUT2D eigenvalue weighted by Crippen LogP contribution is -2.35. The Kier molecular flexibility index (Phi) is 2.96. The van der Waals surface area contributed by atoms with E-state index in [1.807, 2.05) is 20.0 Å². The predicted octanol–water partition coefficient (Wildman–Crippen LogP) is 2.34. The first-order valence-corrected chi connectivity index (χ1v) is 7.28. The van der Waals surface area contributed by atoms with Gasteiger partial charge in [-0.1, -0.05) is 15.9 Å². The molecule has 0 aromatic carbocycles. The van der Waals surface area contributed by atoms with Gasteiger partial charge in [0.2, 0.25) is 5.91 Å². The maximum absolute atomic E-state index is 12.2. The normalized spacial score (nSPS) is 26.4. The molecule has 1 fully saturated rings. The number of aliphatic imine (C=N–C) groups is 1. The molecule has 1 aromatic heterocycles. The van der Waals surface area contributed by atoms with Crippen LogP contribution in [0.4, 0.5) is 0 Å². The van der Waals surface area contributed by atoms with Crippen molar-refractivity contribution in [2.75, 3.05) is 13.6 Å². The molecule has 4 nitrogen and oxygen atoms in total. The van der Waals surface area contributed by atoms with E-state index in [9.17, 15) is 4.79 Å². The van der Waals surface area contributed by atoms with Gasteiger partial charge in [-0.3, -0.25) is 14.8 Å². The Morgan fingerprint density at radius 3 is 2.89 bits per heavy atom. The van der Waals surface area contributed by atoms with Crippen molar-refractivity contribution in [1.29, 1.82) is 0 Å². The number of likely N-dealkylation sites (N-methyl/N-ethyl adjacent to an activating group) is 1. The molecule has 2 aliphatic heterocycles. The second kappa shape index (κ2) is 4.40. The third-order valence-corrected chi connectivity index (χ3v) is 5.00. The lowest BCUT2D eigenvalue weighted by molar-refractivity contribution is -0.130. The highest BCUT2D eigenvalue weighted by Crippen LogP contribution is 2.37. The first-order valence-electron chi connectivity index (χ1n) is 6.49. The Labute approximate surface area is 121 Å². The molecule has 5 heteroatoms. The van der Waals surface area contributed by atoms with Crippen LogP contribution in [0, 0.1) is 6.92 Å². The molecule has 0 radical (unpaired) electrons. The number of hydrogen-bond acceptors (Lipinski definition) is 3. The van der Waals surface area contributed by atoms with Crippen LogP contribution in [0.15, 0.2) is 21.7 Å². The number of amides is 1. The SMILES string of the molecule is Cc1c(Br)ccnc1C1=NC2(CC1)CCN(C)C2=O. The zero-order chi connectivity index (χ0) is 13.6. The predicted molar refractivity (Wildman–Crippen MR) is 77.4 cm³/mol. The average molecular weight is 322 g/mol. The van der Waals surface area contributed by atoms with Gasteiger partial charge >= 0.3 is 0 Å². The standard InChI is InChI=1S/C14H16BrN3O/c1-9-10(15)4-7-16-12(9)11-3-5-14(17-11)6-8-18(2)13(14)19/h4,7H,3,5-6,8H2,1-2H3. The van der Waals surface area contributed by atoms with Gasteiger partial charge in [-0.25, -0.2) is 0 Å². The van der Waals surface area contributed by atoms with Gasteiger partial charge in [-0.05, 0) is 37.8 Å². The fourth-order valence-corrected chi connectivity index (χ4v) is 3.23. The van der Waals surface area contributed by atoms with Crippen LogP contribution >= 0.6 is 15.9 Å². The Bertz CT molecular complexity index is 584. The van der Waals surface area contributed by atoms with E-state index in [4.69, 9.17) is 4.99 Å². The maximum Gasteiger partial charge on any atom is 0.250 e. The number of carbonyl (C=O) groups is 1. The van der Waals surface area contributed by atoms with Crippen LogP contribution in [-0.2, 0) is 4.79 Å². The van der Waals surface area contributed by atoms with Crippen LogP contribution in [0.25, 0.3) is 0 Å². The molecular formula is C14H16BrN3O. The summed E-state index contributed by atoms with van der Waals surface area (Å²) in [6, 6.07) is 1.93. The minimum atomic E-state index is -0.499. The fraction of sp³-hybridized carbons (Fsp3) is 0.500. The topological polar surface area (TPSA) is 45.6 Å². The van der Waals surface area contributed by atoms with Gasteiger partial charge in [0.25, 0.3) is 0 Å². The Morgan fingerprint density at radius 1 is 1.42 bits per heavy atom. The van der Waals surface area contributed by atoms with E-state index < -0.39 is 5.54 Å². The third kappa shape index (κ3) is 1.91. The molecule has 0 bridgehead atoms. The zero-order valence-electron chi connectivity index (χ0n) is 11.1. The Hall–Kier alpha value is -1.23.